The highest BCUT2D eigenvalue weighted by atomic mass is 35.5. The molecule has 3 N–H and O–H groups in total. The molecule has 0 spiro atoms. The number of halogens is 1. The average molecular weight is 477 g/mol. The first kappa shape index (κ1) is 20.7. The van der Waals surface area contributed by atoms with Crippen LogP contribution in [0.4, 0.5) is 11.8 Å². The van der Waals surface area contributed by atoms with Crippen molar-refractivity contribution in [2.45, 2.75) is 19.4 Å². The van der Waals surface area contributed by atoms with E-state index >= 15 is 0 Å². The molecule has 2 aliphatic rings. The van der Waals surface area contributed by atoms with E-state index in [-0.39, 0.29) is 23.3 Å². The second kappa shape index (κ2) is 7.56. The van der Waals surface area contributed by atoms with E-state index in [1.54, 1.807) is 16.8 Å². The first-order valence-electron chi connectivity index (χ1n) is 11.0. The van der Waals surface area contributed by atoms with Gasteiger partial charge in [0.25, 0.3) is 11.5 Å². The molecule has 1 aromatic carbocycles. The highest BCUT2D eigenvalue weighted by molar-refractivity contribution is 6.33. The van der Waals surface area contributed by atoms with Crippen molar-refractivity contribution in [1.29, 1.82) is 0 Å². The zero-order chi connectivity index (χ0) is 23.6. The molecular formula is C23H21ClN8O2. The van der Waals surface area contributed by atoms with Gasteiger partial charge in [0.2, 0.25) is 5.95 Å². The van der Waals surface area contributed by atoms with Crippen LogP contribution in [0.3, 0.4) is 0 Å². The highest BCUT2D eigenvalue weighted by Crippen LogP contribution is 2.38. The summed E-state index contributed by atoms with van der Waals surface area (Å²) in [6.07, 6.45) is 3.19. The quantitative estimate of drug-likeness (QED) is 0.461. The molecule has 11 heteroatoms. The van der Waals surface area contributed by atoms with Gasteiger partial charge in [-0.05, 0) is 23.6 Å². The van der Waals surface area contributed by atoms with Crippen LogP contribution in [0.15, 0.2) is 47.7 Å². The number of rotatable bonds is 4. The monoisotopic (exact) mass is 476 g/mol. The first-order chi connectivity index (χ1) is 16.4. The van der Waals surface area contributed by atoms with Gasteiger partial charge < -0.3 is 16.0 Å². The van der Waals surface area contributed by atoms with E-state index in [1.807, 2.05) is 24.3 Å². The van der Waals surface area contributed by atoms with E-state index in [0.717, 1.165) is 11.3 Å². The van der Waals surface area contributed by atoms with Crippen molar-refractivity contribution >= 4 is 34.8 Å². The van der Waals surface area contributed by atoms with Crippen LogP contribution in [0.25, 0.3) is 11.2 Å². The molecule has 3 aromatic heterocycles. The summed E-state index contributed by atoms with van der Waals surface area (Å²) in [4.78, 5) is 36.1. The van der Waals surface area contributed by atoms with Crippen LogP contribution in [-0.4, -0.2) is 43.1 Å². The molecule has 0 bridgehead atoms. The number of nitrogens with zero attached hydrogens (tertiary/aromatic N) is 6. The smallest absolute Gasteiger partial charge is 0.283 e. The normalized spacial score (nSPS) is 16.4. The molecule has 1 saturated heterocycles. The predicted octanol–water partition coefficient (Wildman–Crippen LogP) is 1.99. The molecule has 0 radical (unpaired) electrons. The van der Waals surface area contributed by atoms with E-state index in [1.165, 1.54) is 10.8 Å². The molecule has 10 nitrogen and oxygen atoms in total. The van der Waals surface area contributed by atoms with Gasteiger partial charge in [-0.15, -0.1) is 0 Å². The number of benzene rings is 1. The summed E-state index contributed by atoms with van der Waals surface area (Å²) in [5.41, 5.74) is 8.96. The number of nitrogens with two attached hydrogens (primary N) is 1. The summed E-state index contributed by atoms with van der Waals surface area (Å²) in [7, 11) is 0. The Kier molecular flexibility index (Phi) is 4.59. The van der Waals surface area contributed by atoms with Crippen LogP contribution < -0.4 is 21.5 Å². The lowest BCUT2D eigenvalue weighted by Crippen LogP contribution is -2.50. The van der Waals surface area contributed by atoms with Crippen molar-refractivity contribution in [3.05, 3.63) is 75.1 Å². The number of amides is 1. The molecule has 0 aliphatic carbocycles. The highest BCUT2D eigenvalue weighted by Gasteiger charge is 2.38. The predicted molar refractivity (Wildman–Crippen MR) is 128 cm³/mol. The Morgan fingerprint density at radius 2 is 1.97 bits per heavy atom. The third-order valence-corrected chi connectivity index (χ3v) is 7.06. The maximum absolute atomic E-state index is 13.2. The molecule has 0 saturated carbocycles. The lowest BCUT2D eigenvalue weighted by molar-refractivity contribution is 0.0965. The van der Waals surface area contributed by atoms with E-state index in [9.17, 15) is 9.59 Å². The second-order valence-corrected chi connectivity index (χ2v) is 9.09. The van der Waals surface area contributed by atoms with Crippen LogP contribution in [-0.2, 0) is 6.54 Å². The van der Waals surface area contributed by atoms with Crippen molar-refractivity contribution < 1.29 is 4.79 Å². The van der Waals surface area contributed by atoms with Crippen molar-refractivity contribution in [2.24, 2.45) is 5.92 Å². The third kappa shape index (κ3) is 3.06. The van der Waals surface area contributed by atoms with E-state index < -0.39 is 0 Å². The lowest BCUT2D eigenvalue weighted by Gasteiger charge is -2.44. The lowest BCUT2D eigenvalue weighted by atomic mass is 9.81. The van der Waals surface area contributed by atoms with Gasteiger partial charge in [0.05, 0.1) is 22.9 Å². The Morgan fingerprint density at radius 1 is 1.18 bits per heavy atom. The number of carbonyl (C=O) groups excluding carboxylic acids is 1. The number of carbonyl (C=O) groups is 1. The Balaban J connectivity index is 1.31. The fourth-order valence-corrected chi connectivity index (χ4v) is 5.07. The van der Waals surface area contributed by atoms with Gasteiger partial charge in [0.1, 0.15) is 23.2 Å². The van der Waals surface area contributed by atoms with Crippen LogP contribution in [0.2, 0.25) is 5.02 Å². The van der Waals surface area contributed by atoms with Crippen LogP contribution in [0, 0.1) is 5.92 Å². The minimum Gasteiger partial charge on any atom is -0.368 e. The van der Waals surface area contributed by atoms with Crippen molar-refractivity contribution in [3.8, 4) is 5.69 Å². The SMILES string of the molecule is CC(c1ccccc1-n1cnn2ccc(Cl)c2c1=O)C1CN(c2nc(N)nc3c2C(=O)NC3)C1. The Hall–Kier alpha value is -3.92. The van der Waals surface area contributed by atoms with Gasteiger partial charge in [-0.25, -0.2) is 9.50 Å². The molecule has 172 valence electrons. The average Bonchev–Trinajstić information content (AvgIpc) is 3.36. The summed E-state index contributed by atoms with van der Waals surface area (Å²) in [5, 5.41) is 7.50. The van der Waals surface area contributed by atoms with Gasteiger partial charge >= 0.3 is 0 Å². The van der Waals surface area contributed by atoms with Crippen molar-refractivity contribution in [3.63, 3.8) is 0 Å². The van der Waals surface area contributed by atoms with Crippen LogP contribution in [0.5, 0.6) is 0 Å². The summed E-state index contributed by atoms with van der Waals surface area (Å²) < 4.78 is 3.03. The van der Waals surface area contributed by atoms with Gasteiger partial charge in [-0.2, -0.15) is 10.1 Å². The van der Waals surface area contributed by atoms with E-state index in [2.05, 4.69) is 32.2 Å². The summed E-state index contributed by atoms with van der Waals surface area (Å²) in [6.45, 7) is 3.94. The van der Waals surface area contributed by atoms with E-state index in [0.29, 0.717) is 53.2 Å². The molecular weight excluding hydrogens is 456 g/mol. The second-order valence-electron chi connectivity index (χ2n) is 8.69. The number of hydrogen-bond acceptors (Lipinski definition) is 7. The Labute approximate surface area is 199 Å². The molecule has 1 fully saturated rings. The molecule has 34 heavy (non-hydrogen) atoms. The van der Waals surface area contributed by atoms with Gasteiger partial charge in [-0.3, -0.25) is 14.2 Å². The van der Waals surface area contributed by atoms with Crippen molar-refractivity contribution in [2.75, 3.05) is 23.7 Å². The maximum atomic E-state index is 13.2. The standard InChI is InChI=1S/C23H21ClN8O2/c1-12(13-9-30(10-13)20-18-16(8-26-21(18)33)28-23(25)29-20)14-4-2-3-5-17(14)31-11-27-32-7-6-15(24)19(32)22(31)34/h2-7,11-13H,8-10H2,1H3,(H,26,33)(H2,25,28,29). The van der Waals surface area contributed by atoms with Gasteiger partial charge in [-0.1, -0.05) is 36.7 Å². The zero-order valence-corrected chi connectivity index (χ0v) is 19.0. The number of anilines is 2. The van der Waals surface area contributed by atoms with Crippen LogP contribution >= 0.6 is 11.6 Å². The molecule has 4 aromatic rings. The number of hydrogen-bond donors (Lipinski definition) is 2. The first-order valence-corrected chi connectivity index (χ1v) is 11.3. The Morgan fingerprint density at radius 3 is 2.79 bits per heavy atom. The third-order valence-electron chi connectivity index (χ3n) is 6.76. The number of nitrogens with one attached hydrogen (secondary N) is 1. The molecule has 1 atom stereocenters. The molecule has 1 unspecified atom stereocenters. The number of aromatic nitrogens is 5. The fraction of sp³-hybridized carbons (Fsp3) is 0.261. The number of fused-ring (bicyclic) bond motifs is 2. The van der Waals surface area contributed by atoms with Crippen LogP contribution in [0.1, 0.15) is 34.5 Å². The van der Waals surface area contributed by atoms with E-state index in [4.69, 9.17) is 17.3 Å². The minimum atomic E-state index is -0.224. The fourth-order valence-electron chi connectivity index (χ4n) is 4.84. The largest absolute Gasteiger partial charge is 0.368 e. The maximum Gasteiger partial charge on any atom is 0.283 e. The summed E-state index contributed by atoms with van der Waals surface area (Å²) in [6, 6.07) is 9.48. The Bertz CT molecular complexity index is 1520. The molecule has 6 rings (SSSR count). The number of nitrogen functional groups attached to an aromatic ring is 1. The van der Waals surface area contributed by atoms with Gasteiger partial charge in [0, 0.05) is 25.2 Å². The molecule has 1 amide bonds. The minimum absolute atomic E-state index is 0.138. The molecule has 5 heterocycles. The van der Waals surface area contributed by atoms with Crippen molar-refractivity contribution in [1.82, 2.24) is 29.5 Å². The molecule has 2 aliphatic heterocycles. The summed E-state index contributed by atoms with van der Waals surface area (Å²) >= 11 is 6.23. The zero-order valence-electron chi connectivity index (χ0n) is 18.3. The summed E-state index contributed by atoms with van der Waals surface area (Å²) in [5.74, 6) is 1.01. The topological polar surface area (TPSA) is 123 Å². The number of para-hydroxylation sites is 1. The van der Waals surface area contributed by atoms with Gasteiger partial charge in [0.15, 0.2) is 0 Å².